The van der Waals surface area contributed by atoms with E-state index in [2.05, 4.69) is 18.0 Å². The van der Waals surface area contributed by atoms with Crippen molar-refractivity contribution in [3.8, 4) is 11.5 Å². The van der Waals surface area contributed by atoms with Gasteiger partial charge in [0.15, 0.2) is 0 Å². The zero-order chi connectivity index (χ0) is 18.3. The molecule has 0 saturated carbocycles. The Hall–Kier alpha value is -2.95. The fourth-order valence-corrected chi connectivity index (χ4v) is 3.81. The zero-order valence-corrected chi connectivity index (χ0v) is 15.3. The van der Waals surface area contributed by atoms with Gasteiger partial charge in [0.05, 0.1) is 20.8 Å². The standard InChI is InChI=1S/C21H22N2O3/c1-13-16-10-11-23(21(24)14-4-6-15(25-2)7-5-14)12-17-19(26-3)9-8-18(22-13)20(16)17/h4-9,22H,10-12H2,1-3H3. The van der Waals surface area contributed by atoms with Gasteiger partial charge in [-0.05, 0) is 55.3 Å². The molecule has 1 aliphatic heterocycles. The number of rotatable bonds is 3. The molecule has 3 aromatic rings. The van der Waals surface area contributed by atoms with Crippen molar-refractivity contribution in [2.45, 2.75) is 19.9 Å². The molecule has 2 heterocycles. The summed E-state index contributed by atoms with van der Waals surface area (Å²) in [6.45, 7) is 3.30. The molecule has 1 aromatic heterocycles. The van der Waals surface area contributed by atoms with E-state index in [1.807, 2.05) is 35.2 Å². The monoisotopic (exact) mass is 350 g/mol. The average Bonchev–Trinajstić information content (AvgIpc) is 2.86. The highest BCUT2D eigenvalue weighted by Crippen LogP contribution is 2.35. The lowest BCUT2D eigenvalue weighted by atomic mass is 10.0. The van der Waals surface area contributed by atoms with Gasteiger partial charge < -0.3 is 19.4 Å². The first-order chi connectivity index (χ1) is 12.6. The fraction of sp³-hybridized carbons (Fsp3) is 0.286. The van der Waals surface area contributed by atoms with Crippen molar-refractivity contribution in [1.82, 2.24) is 9.88 Å². The van der Waals surface area contributed by atoms with Crippen LogP contribution in [0.25, 0.3) is 10.9 Å². The molecule has 0 saturated heterocycles. The van der Waals surface area contributed by atoms with E-state index in [1.54, 1.807) is 14.2 Å². The first kappa shape index (κ1) is 16.5. The van der Waals surface area contributed by atoms with Gasteiger partial charge in [-0.25, -0.2) is 0 Å². The quantitative estimate of drug-likeness (QED) is 0.784. The van der Waals surface area contributed by atoms with Gasteiger partial charge in [-0.2, -0.15) is 0 Å². The topological polar surface area (TPSA) is 54.6 Å². The second kappa shape index (κ2) is 6.41. The third-order valence-electron chi connectivity index (χ3n) is 5.17. The third-order valence-corrected chi connectivity index (χ3v) is 5.17. The maximum absolute atomic E-state index is 13.1. The maximum Gasteiger partial charge on any atom is 0.254 e. The lowest BCUT2D eigenvalue weighted by Crippen LogP contribution is -2.31. The molecular weight excluding hydrogens is 328 g/mol. The number of methoxy groups -OCH3 is 2. The summed E-state index contributed by atoms with van der Waals surface area (Å²) >= 11 is 0. The Morgan fingerprint density at radius 3 is 2.50 bits per heavy atom. The Kier molecular flexibility index (Phi) is 4.07. The Morgan fingerprint density at radius 1 is 1.04 bits per heavy atom. The molecule has 134 valence electrons. The van der Waals surface area contributed by atoms with Gasteiger partial charge in [-0.1, -0.05) is 0 Å². The summed E-state index contributed by atoms with van der Waals surface area (Å²) in [6.07, 6.45) is 0.827. The third kappa shape index (κ3) is 2.60. The van der Waals surface area contributed by atoms with Gasteiger partial charge >= 0.3 is 0 Å². The number of nitrogens with zero attached hydrogens (tertiary/aromatic N) is 1. The van der Waals surface area contributed by atoms with Crippen LogP contribution in [0.15, 0.2) is 36.4 Å². The predicted molar refractivity (Wildman–Crippen MR) is 101 cm³/mol. The minimum atomic E-state index is 0.0264. The van der Waals surface area contributed by atoms with E-state index in [4.69, 9.17) is 9.47 Å². The molecule has 0 bridgehead atoms. The van der Waals surface area contributed by atoms with Crippen LogP contribution in [0, 0.1) is 6.92 Å². The van der Waals surface area contributed by atoms with Crippen molar-refractivity contribution in [2.24, 2.45) is 0 Å². The first-order valence-electron chi connectivity index (χ1n) is 8.72. The number of aromatic nitrogens is 1. The molecule has 0 radical (unpaired) electrons. The minimum absolute atomic E-state index is 0.0264. The van der Waals surface area contributed by atoms with Gasteiger partial charge in [0.2, 0.25) is 0 Å². The Balaban J connectivity index is 1.73. The molecule has 0 aliphatic carbocycles. The van der Waals surface area contributed by atoms with Crippen LogP contribution in [0.5, 0.6) is 11.5 Å². The summed E-state index contributed by atoms with van der Waals surface area (Å²) in [6, 6.07) is 11.3. The molecular formula is C21H22N2O3. The normalized spacial score (nSPS) is 13.6. The van der Waals surface area contributed by atoms with Crippen LogP contribution in [-0.4, -0.2) is 36.6 Å². The van der Waals surface area contributed by atoms with E-state index in [9.17, 15) is 4.79 Å². The lowest BCUT2D eigenvalue weighted by Gasteiger charge is -2.22. The van der Waals surface area contributed by atoms with Crippen LogP contribution in [0.2, 0.25) is 0 Å². The molecule has 5 heteroatoms. The number of hydrogen-bond donors (Lipinski definition) is 1. The number of carbonyl (C=O) groups is 1. The SMILES string of the molecule is COc1ccc(C(=O)N2CCc3c(C)[nH]c4ccc(OC)c(c34)C2)cc1. The number of amides is 1. The Labute approximate surface area is 152 Å². The summed E-state index contributed by atoms with van der Waals surface area (Å²) in [5, 5.41) is 1.20. The number of ether oxygens (including phenoxy) is 2. The molecule has 0 unspecified atom stereocenters. The number of nitrogens with one attached hydrogen (secondary N) is 1. The smallest absolute Gasteiger partial charge is 0.254 e. The molecule has 5 nitrogen and oxygen atoms in total. The summed E-state index contributed by atoms with van der Waals surface area (Å²) < 4.78 is 10.8. The molecule has 2 aromatic carbocycles. The van der Waals surface area contributed by atoms with Gasteiger partial charge in [-0.15, -0.1) is 0 Å². The summed E-state index contributed by atoms with van der Waals surface area (Å²) in [7, 11) is 3.30. The highest BCUT2D eigenvalue weighted by Gasteiger charge is 2.25. The van der Waals surface area contributed by atoms with Crippen molar-refractivity contribution in [2.75, 3.05) is 20.8 Å². The number of aryl methyl sites for hydroxylation is 1. The number of benzene rings is 2. The minimum Gasteiger partial charge on any atom is -0.497 e. The summed E-state index contributed by atoms with van der Waals surface area (Å²) in [5.41, 5.74) is 5.28. The molecule has 4 rings (SSSR count). The fourth-order valence-electron chi connectivity index (χ4n) is 3.81. The second-order valence-corrected chi connectivity index (χ2v) is 6.60. The maximum atomic E-state index is 13.1. The zero-order valence-electron chi connectivity index (χ0n) is 15.3. The van der Waals surface area contributed by atoms with E-state index >= 15 is 0 Å². The number of hydrogen-bond acceptors (Lipinski definition) is 3. The number of aromatic amines is 1. The first-order valence-corrected chi connectivity index (χ1v) is 8.72. The average molecular weight is 350 g/mol. The highest BCUT2D eigenvalue weighted by molar-refractivity contribution is 5.96. The van der Waals surface area contributed by atoms with Crippen molar-refractivity contribution >= 4 is 16.8 Å². The van der Waals surface area contributed by atoms with E-state index in [0.717, 1.165) is 34.7 Å². The van der Waals surface area contributed by atoms with E-state index < -0.39 is 0 Å². The molecule has 0 fully saturated rings. The van der Waals surface area contributed by atoms with Crippen LogP contribution in [0.1, 0.15) is 27.2 Å². The molecule has 26 heavy (non-hydrogen) atoms. The van der Waals surface area contributed by atoms with Gasteiger partial charge in [0.25, 0.3) is 5.91 Å². The van der Waals surface area contributed by atoms with Gasteiger partial charge in [-0.3, -0.25) is 4.79 Å². The highest BCUT2D eigenvalue weighted by atomic mass is 16.5. The van der Waals surface area contributed by atoms with Crippen LogP contribution in [-0.2, 0) is 13.0 Å². The number of H-pyrrole nitrogens is 1. The predicted octanol–water partition coefficient (Wildman–Crippen LogP) is 3.69. The second-order valence-electron chi connectivity index (χ2n) is 6.60. The van der Waals surface area contributed by atoms with E-state index in [0.29, 0.717) is 18.7 Å². The molecule has 0 spiro atoms. The van der Waals surface area contributed by atoms with Gasteiger partial charge in [0.1, 0.15) is 11.5 Å². The van der Waals surface area contributed by atoms with Gasteiger partial charge in [0, 0.05) is 34.3 Å². The van der Waals surface area contributed by atoms with Crippen molar-refractivity contribution in [3.05, 3.63) is 58.8 Å². The number of carbonyl (C=O) groups excluding carboxylic acids is 1. The van der Waals surface area contributed by atoms with Crippen LogP contribution in [0.3, 0.4) is 0 Å². The largest absolute Gasteiger partial charge is 0.497 e. The van der Waals surface area contributed by atoms with Crippen LogP contribution < -0.4 is 9.47 Å². The van der Waals surface area contributed by atoms with E-state index in [-0.39, 0.29) is 5.91 Å². The Bertz CT molecular complexity index is 973. The Morgan fingerprint density at radius 2 is 1.81 bits per heavy atom. The van der Waals surface area contributed by atoms with Crippen LogP contribution >= 0.6 is 0 Å². The molecule has 1 amide bonds. The summed E-state index contributed by atoms with van der Waals surface area (Å²) in [4.78, 5) is 18.4. The van der Waals surface area contributed by atoms with Crippen molar-refractivity contribution in [1.29, 1.82) is 0 Å². The lowest BCUT2D eigenvalue weighted by molar-refractivity contribution is 0.0746. The molecule has 1 N–H and O–H groups in total. The van der Waals surface area contributed by atoms with Crippen molar-refractivity contribution in [3.63, 3.8) is 0 Å². The van der Waals surface area contributed by atoms with E-state index in [1.165, 1.54) is 10.9 Å². The van der Waals surface area contributed by atoms with Crippen LogP contribution in [0.4, 0.5) is 0 Å². The molecule has 1 aliphatic rings. The molecule has 0 atom stereocenters. The summed E-state index contributed by atoms with van der Waals surface area (Å²) in [5.74, 6) is 1.60. The van der Waals surface area contributed by atoms with Crippen molar-refractivity contribution < 1.29 is 14.3 Å².